The van der Waals surface area contributed by atoms with Crippen molar-refractivity contribution < 1.29 is 9.53 Å². The van der Waals surface area contributed by atoms with Crippen molar-refractivity contribution in [1.82, 2.24) is 4.90 Å². The molecule has 1 rings (SSSR count). The summed E-state index contributed by atoms with van der Waals surface area (Å²) in [4.78, 5) is 14.0. The minimum absolute atomic E-state index is 0.253. The van der Waals surface area contributed by atoms with Crippen molar-refractivity contribution in [3.8, 4) is 0 Å². The molecular weight excluding hydrogens is 228 g/mol. The molecule has 2 atom stereocenters. The molecule has 106 valence electrons. The largest absolute Gasteiger partial charge is 0.379 e. The SMILES string of the molecule is CCCC(CCN)CCC(=O)N(C)C1CCOC1. The van der Waals surface area contributed by atoms with Crippen molar-refractivity contribution in [3.63, 3.8) is 0 Å². The molecule has 4 heteroatoms. The van der Waals surface area contributed by atoms with Crippen LogP contribution in [0.1, 0.15) is 45.4 Å². The normalized spacial score (nSPS) is 20.9. The molecular formula is C14H28N2O2. The number of rotatable bonds is 8. The molecule has 1 saturated heterocycles. The van der Waals surface area contributed by atoms with Crippen LogP contribution in [0.25, 0.3) is 0 Å². The average molecular weight is 256 g/mol. The lowest BCUT2D eigenvalue weighted by atomic mass is 9.94. The van der Waals surface area contributed by atoms with Gasteiger partial charge in [0.05, 0.1) is 12.6 Å². The molecule has 0 spiro atoms. The molecule has 4 nitrogen and oxygen atoms in total. The van der Waals surface area contributed by atoms with Crippen LogP contribution in [0.15, 0.2) is 0 Å². The van der Waals surface area contributed by atoms with E-state index in [1.165, 1.54) is 12.8 Å². The molecule has 0 aromatic heterocycles. The number of amides is 1. The summed E-state index contributed by atoms with van der Waals surface area (Å²) >= 11 is 0. The lowest BCUT2D eigenvalue weighted by Crippen LogP contribution is -2.37. The molecule has 0 aromatic carbocycles. The van der Waals surface area contributed by atoms with Gasteiger partial charge in [-0.25, -0.2) is 0 Å². The summed E-state index contributed by atoms with van der Waals surface area (Å²) in [5.41, 5.74) is 5.61. The number of hydrogen-bond acceptors (Lipinski definition) is 3. The smallest absolute Gasteiger partial charge is 0.222 e. The van der Waals surface area contributed by atoms with Gasteiger partial charge in [0.1, 0.15) is 0 Å². The second kappa shape index (κ2) is 8.48. The van der Waals surface area contributed by atoms with E-state index in [-0.39, 0.29) is 11.9 Å². The van der Waals surface area contributed by atoms with Crippen LogP contribution in [0.5, 0.6) is 0 Å². The molecule has 0 aromatic rings. The van der Waals surface area contributed by atoms with E-state index < -0.39 is 0 Å². The van der Waals surface area contributed by atoms with Crippen molar-refractivity contribution in [2.45, 2.75) is 51.5 Å². The fraction of sp³-hybridized carbons (Fsp3) is 0.929. The van der Waals surface area contributed by atoms with E-state index in [1.54, 1.807) is 0 Å². The van der Waals surface area contributed by atoms with Crippen molar-refractivity contribution in [2.75, 3.05) is 26.8 Å². The minimum atomic E-state index is 0.253. The van der Waals surface area contributed by atoms with Gasteiger partial charge in [0.25, 0.3) is 0 Å². The predicted octanol–water partition coefficient (Wildman–Crippen LogP) is 1.78. The Hall–Kier alpha value is -0.610. The summed E-state index contributed by atoms with van der Waals surface area (Å²) < 4.78 is 5.32. The highest BCUT2D eigenvalue weighted by Gasteiger charge is 2.24. The predicted molar refractivity (Wildman–Crippen MR) is 73.3 cm³/mol. The second-order valence-corrected chi connectivity index (χ2v) is 5.29. The van der Waals surface area contributed by atoms with E-state index in [9.17, 15) is 4.79 Å². The van der Waals surface area contributed by atoms with Gasteiger partial charge in [0.2, 0.25) is 5.91 Å². The molecule has 2 N–H and O–H groups in total. The van der Waals surface area contributed by atoms with E-state index in [4.69, 9.17) is 10.5 Å². The number of carbonyl (C=O) groups excluding carboxylic acids is 1. The quantitative estimate of drug-likeness (QED) is 0.720. The summed E-state index contributed by atoms with van der Waals surface area (Å²) in [6, 6.07) is 0.289. The van der Waals surface area contributed by atoms with Crippen LogP contribution >= 0.6 is 0 Å². The highest BCUT2D eigenvalue weighted by atomic mass is 16.5. The monoisotopic (exact) mass is 256 g/mol. The Morgan fingerprint density at radius 2 is 2.22 bits per heavy atom. The van der Waals surface area contributed by atoms with E-state index in [2.05, 4.69) is 6.92 Å². The maximum absolute atomic E-state index is 12.1. The van der Waals surface area contributed by atoms with E-state index in [0.29, 0.717) is 18.9 Å². The van der Waals surface area contributed by atoms with Gasteiger partial charge in [-0.3, -0.25) is 4.79 Å². The van der Waals surface area contributed by atoms with Crippen molar-refractivity contribution in [3.05, 3.63) is 0 Å². The topological polar surface area (TPSA) is 55.6 Å². The van der Waals surface area contributed by atoms with Gasteiger partial charge in [-0.1, -0.05) is 19.8 Å². The zero-order valence-electron chi connectivity index (χ0n) is 11.9. The molecule has 0 radical (unpaired) electrons. The second-order valence-electron chi connectivity index (χ2n) is 5.29. The van der Waals surface area contributed by atoms with Gasteiger partial charge in [-0.05, 0) is 31.7 Å². The number of hydrogen-bond donors (Lipinski definition) is 1. The Kier molecular flexibility index (Phi) is 7.28. The van der Waals surface area contributed by atoms with E-state index in [0.717, 1.165) is 32.4 Å². The molecule has 0 aliphatic carbocycles. The van der Waals surface area contributed by atoms with Crippen LogP contribution in [0.2, 0.25) is 0 Å². The van der Waals surface area contributed by atoms with Crippen molar-refractivity contribution in [2.24, 2.45) is 11.7 Å². The van der Waals surface area contributed by atoms with Gasteiger partial charge < -0.3 is 15.4 Å². The van der Waals surface area contributed by atoms with Gasteiger partial charge in [0, 0.05) is 20.1 Å². The van der Waals surface area contributed by atoms with Crippen LogP contribution in [-0.4, -0.2) is 43.7 Å². The maximum atomic E-state index is 12.1. The average Bonchev–Trinajstić information content (AvgIpc) is 2.89. The molecule has 1 heterocycles. The van der Waals surface area contributed by atoms with Crippen molar-refractivity contribution in [1.29, 1.82) is 0 Å². The standard InChI is InChI=1S/C14H28N2O2/c1-3-4-12(7-9-15)5-6-14(17)16(2)13-8-10-18-11-13/h12-13H,3-11,15H2,1-2H3. The Labute approximate surface area is 111 Å². The molecule has 18 heavy (non-hydrogen) atoms. The summed E-state index contributed by atoms with van der Waals surface area (Å²) in [6.07, 6.45) is 5.99. The number of ether oxygens (including phenoxy) is 1. The third-order valence-corrected chi connectivity index (χ3v) is 3.89. The molecule has 1 aliphatic rings. The van der Waals surface area contributed by atoms with E-state index in [1.807, 2.05) is 11.9 Å². The molecule has 0 saturated carbocycles. The highest BCUT2D eigenvalue weighted by Crippen LogP contribution is 2.19. The summed E-state index contributed by atoms with van der Waals surface area (Å²) in [7, 11) is 1.90. The molecule has 2 unspecified atom stereocenters. The molecule has 1 aliphatic heterocycles. The Morgan fingerprint density at radius 1 is 1.44 bits per heavy atom. The van der Waals surface area contributed by atoms with Gasteiger partial charge >= 0.3 is 0 Å². The van der Waals surface area contributed by atoms with Crippen LogP contribution in [-0.2, 0) is 9.53 Å². The van der Waals surface area contributed by atoms with E-state index >= 15 is 0 Å². The fourth-order valence-corrected chi connectivity index (χ4v) is 2.61. The first-order chi connectivity index (χ1) is 8.69. The van der Waals surface area contributed by atoms with Crippen molar-refractivity contribution >= 4 is 5.91 Å². The zero-order valence-corrected chi connectivity index (χ0v) is 11.9. The molecule has 1 amide bonds. The first-order valence-corrected chi connectivity index (χ1v) is 7.22. The molecule has 0 bridgehead atoms. The van der Waals surface area contributed by atoms with Crippen LogP contribution < -0.4 is 5.73 Å². The first-order valence-electron chi connectivity index (χ1n) is 7.22. The zero-order chi connectivity index (χ0) is 13.4. The summed E-state index contributed by atoms with van der Waals surface area (Å²) in [5.74, 6) is 0.862. The Balaban J connectivity index is 2.29. The Morgan fingerprint density at radius 3 is 2.78 bits per heavy atom. The molecule has 1 fully saturated rings. The van der Waals surface area contributed by atoms with Gasteiger partial charge in [0.15, 0.2) is 0 Å². The number of carbonyl (C=O) groups is 1. The highest BCUT2D eigenvalue weighted by molar-refractivity contribution is 5.76. The first kappa shape index (κ1) is 15.4. The lowest BCUT2D eigenvalue weighted by molar-refractivity contribution is -0.132. The van der Waals surface area contributed by atoms with Gasteiger partial charge in [-0.15, -0.1) is 0 Å². The van der Waals surface area contributed by atoms with Crippen LogP contribution in [0, 0.1) is 5.92 Å². The lowest BCUT2D eigenvalue weighted by Gasteiger charge is -2.24. The maximum Gasteiger partial charge on any atom is 0.222 e. The number of likely N-dealkylation sites (N-methyl/N-ethyl adjacent to an activating group) is 1. The third-order valence-electron chi connectivity index (χ3n) is 3.89. The van der Waals surface area contributed by atoms with Crippen LogP contribution in [0.4, 0.5) is 0 Å². The number of nitrogens with zero attached hydrogens (tertiary/aromatic N) is 1. The minimum Gasteiger partial charge on any atom is -0.379 e. The summed E-state index contributed by atoms with van der Waals surface area (Å²) in [6.45, 7) is 4.40. The number of nitrogens with two attached hydrogens (primary N) is 1. The Bertz CT molecular complexity index is 234. The van der Waals surface area contributed by atoms with Crippen LogP contribution in [0.3, 0.4) is 0 Å². The fourth-order valence-electron chi connectivity index (χ4n) is 2.61. The van der Waals surface area contributed by atoms with Gasteiger partial charge in [-0.2, -0.15) is 0 Å². The summed E-state index contributed by atoms with van der Waals surface area (Å²) in [5, 5.41) is 0. The third kappa shape index (κ3) is 4.94.